The summed E-state index contributed by atoms with van der Waals surface area (Å²) in [6.07, 6.45) is 1.69. The van der Waals surface area contributed by atoms with E-state index in [9.17, 15) is 14.0 Å². The first kappa shape index (κ1) is 16.4. The Morgan fingerprint density at radius 3 is 2.75 bits per heavy atom. The number of nitrogens with two attached hydrogens (primary N) is 1. The number of primary amides is 1. The Kier molecular flexibility index (Phi) is 5.91. The Balaban J connectivity index is 0.00000200. The number of halogens is 2. The summed E-state index contributed by atoms with van der Waals surface area (Å²) in [4.78, 5) is 23.0. The van der Waals surface area contributed by atoms with Crippen molar-refractivity contribution in [1.29, 1.82) is 0 Å². The minimum absolute atomic E-state index is 0. The van der Waals surface area contributed by atoms with Crippen LogP contribution in [0, 0.1) is 11.7 Å². The molecule has 5 nitrogen and oxygen atoms in total. The quantitative estimate of drug-likeness (QED) is 0.786. The van der Waals surface area contributed by atoms with Crippen LogP contribution in [0.25, 0.3) is 0 Å². The number of amides is 2. The van der Waals surface area contributed by atoms with Crippen LogP contribution >= 0.6 is 12.4 Å². The van der Waals surface area contributed by atoms with Crippen molar-refractivity contribution in [2.45, 2.75) is 12.8 Å². The van der Waals surface area contributed by atoms with Crippen molar-refractivity contribution in [1.82, 2.24) is 5.32 Å². The van der Waals surface area contributed by atoms with E-state index in [1.54, 1.807) is 0 Å². The van der Waals surface area contributed by atoms with Gasteiger partial charge < -0.3 is 16.4 Å². The molecule has 1 fully saturated rings. The number of piperidine rings is 1. The topological polar surface area (TPSA) is 84.2 Å². The number of rotatable bonds is 3. The SMILES string of the molecule is Cl.NC(=O)c1ccc(F)c(NC(=O)[C@@H]2CCCNC2)c1. The van der Waals surface area contributed by atoms with Gasteiger partial charge in [-0.1, -0.05) is 0 Å². The van der Waals surface area contributed by atoms with Crippen LogP contribution in [-0.4, -0.2) is 24.9 Å². The van der Waals surface area contributed by atoms with Crippen molar-refractivity contribution in [3.63, 3.8) is 0 Å². The zero-order chi connectivity index (χ0) is 13.8. The van der Waals surface area contributed by atoms with Crippen LogP contribution in [0.5, 0.6) is 0 Å². The van der Waals surface area contributed by atoms with Gasteiger partial charge in [-0.05, 0) is 37.6 Å². The largest absolute Gasteiger partial charge is 0.366 e. The lowest BCUT2D eigenvalue weighted by Crippen LogP contribution is -2.37. The van der Waals surface area contributed by atoms with E-state index >= 15 is 0 Å². The third kappa shape index (κ3) is 3.91. The monoisotopic (exact) mass is 301 g/mol. The fourth-order valence-electron chi connectivity index (χ4n) is 2.08. The van der Waals surface area contributed by atoms with Crippen LogP contribution in [0.15, 0.2) is 18.2 Å². The van der Waals surface area contributed by atoms with Gasteiger partial charge in [0.05, 0.1) is 11.6 Å². The lowest BCUT2D eigenvalue weighted by Gasteiger charge is -2.22. The van der Waals surface area contributed by atoms with Crippen LogP contribution in [0.1, 0.15) is 23.2 Å². The molecule has 1 saturated heterocycles. The average molecular weight is 302 g/mol. The van der Waals surface area contributed by atoms with Gasteiger partial charge in [0.2, 0.25) is 11.8 Å². The van der Waals surface area contributed by atoms with Crippen molar-refractivity contribution in [2.24, 2.45) is 11.7 Å². The molecule has 1 heterocycles. The lowest BCUT2D eigenvalue weighted by molar-refractivity contribution is -0.120. The van der Waals surface area contributed by atoms with Crippen molar-refractivity contribution < 1.29 is 14.0 Å². The molecule has 7 heteroatoms. The van der Waals surface area contributed by atoms with E-state index in [-0.39, 0.29) is 35.5 Å². The maximum absolute atomic E-state index is 13.6. The Labute approximate surface area is 122 Å². The van der Waals surface area contributed by atoms with Gasteiger partial charge in [0, 0.05) is 12.1 Å². The Morgan fingerprint density at radius 1 is 1.40 bits per heavy atom. The van der Waals surface area contributed by atoms with Gasteiger partial charge in [0.15, 0.2) is 0 Å². The zero-order valence-corrected chi connectivity index (χ0v) is 11.6. The molecule has 1 aromatic carbocycles. The number of carbonyl (C=O) groups is 2. The predicted molar refractivity (Wildman–Crippen MR) is 76.4 cm³/mol. The standard InChI is InChI=1S/C13H16FN3O2.ClH/c14-10-4-3-8(12(15)18)6-11(10)17-13(19)9-2-1-5-16-7-9;/h3-4,6,9,16H,1-2,5,7H2,(H2,15,18)(H,17,19);1H/t9-;/m1./s1. The highest BCUT2D eigenvalue weighted by atomic mass is 35.5. The normalized spacial score (nSPS) is 17.9. The molecule has 20 heavy (non-hydrogen) atoms. The predicted octanol–water partition coefficient (Wildman–Crippen LogP) is 1.28. The van der Waals surface area contributed by atoms with Crippen LogP contribution in [0.2, 0.25) is 0 Å². The molecule has 0 unspecified atom stereocenters. The molecule has 0 aliphatic carbocycles. The highest BCUT2D eigenvalue weighted by molar-refractivity contribution is 5.97. The third-order valence-corrected chi connectivity index (χ3v) is 3.18. The van der Waals surface area contributed by atoms with E-state index in [1.165, 1.54) is 12.1 Å². The molecule has 1 atom stereocenters. The maximum Gasteiger partial charge on any atom is 0.248 e. The van der Waals surface area contributed by atoms with E-state index in [0.29, 0.717) is 6.54 Å². The number of anilines is 1. The number of hydrogen-bond donors (Lipinski definition) is 3. The fourth-order valence-corrected chi connectivity index (χ4v) is 2.08. The molecule has 2 amide bonds. The first-order valence-electron chi connectivity index (χ1n) is 6.19. The molecular formula is C13H17ClFN3O2. The summed E-state index contributed by atoms with van der Waals surface area (Å²) in [5.41, 5.74) is 5.28. The van der Waals surface area contributed by atoms with Crippen molar-refractivity contribution in [2.75, 3.05) is 18.4 Å². The molecule has 0 bridgehead atoms. The fraction of sp³-hybridized carbons (Fsp3) is 0.385. The zero-order valence-electron chi connectivity index (χ0n) is 10.8. The van der Waals surface area contributed by atoms with Crippen molar-refractivity contribution in [3.8, 4) is 0 Å². The van der Waals surface area contributed by atoms with Gasteiger partial charge in [-0.15, -0.1) is 12.4 Å². The smallest absolute Gasteiger partial charge is 0.248 e. The lowest BCUT2D eigenvalue weighted by atomic mass is 9.98. The van der Waals surface area contributed by atoms with Gasteiger partial charge in [-0.25, -0.2) is 4.39 Å². The van der Waals surface area contributed by atoms with Crippen LogP contribution in [-0.2, 0) is 4.79 Å². The molecule has 1 aliphatic heterocycles. The second-order valence-electron chi connectivity index (χ2n) is 4.59. The summed E-state index contributed by atoms with van der Waals surface area (Å²) in [6, 6.07) is 3.66. The molecule has 4 N–H and O–H groups in total. The summed E-state index contributed by atoms with van der Waals surface area (Å²) in [7, 11) is 0. The maximum atomic E-state index is 13.6. The Hall–Kier alpha value is -1.66. The molecule has 0 saturated carbocycles. The van der Waals surface area contributed by atoms with E-state index in [0.717, 1.165) is 25.5 Å². The minimum Gasteiger partial charge on any atom is -0.366 e. The summed E-state index contributed by atoms with van der Waals surface area (Å²) >= 11 is 0. The Bertz CT molecular complexity index is 504. The average Bonchev–Trinajstić information content (AvgIpc) is 2.42. The summed E-state index contributed by atoms with van der Waals surface area (Å²) in [5, 5.41) is 5.63. The van der Waals surface area contributed by atoms with Crippen molar-refractivity contribution >= 4 is 29.9 Å². The molecule has 110 valence electrons. The molecule has 1 aromatic rings. The summed E-state index contributed by atoms with van der Waals surface area (Å²) in [5.74, 6) is -1.66. The van der Waals surface area contributed by atoms with Gasteiger partial charge in [0.25, 0.3) is 0 Å². The van der Waals surface area contributed by atoms with Gasteiger partial charge in [-0.2, -0.15) is 0 Å². The van der Waals surface area contributed by atoms with Crippen LogP contribution < -0.4 is 16.4 Å². The minimum atomic E-state index is -0.658. The van der Waals surface area contributed by atoms with Gasteiger partial charge in [-0.3, -0.25) is 9.59 Å². The number of hydrogen-bond acceptors (Lipinski definition) is 3. The van der Waals surface area contributed by atoms with Crippen LogP contribution in [0.4, 0.5) is 10.1 Å². The number of nitrogens with one attached hydrogen (secondary N) is 2. The van der Waals surface area contributed by atoms with E-state index < -0.39 is 11.7 Å². The van der Waals surface area contributed by atoms with Gasteiger partial charge >= 0.3 is 0 Å². The van der Waals surface area contributed by atoms with E-state index in [1.807, 2.05) is 0 Å². The third-order valence-electron chi connectivity index (χ3n) is 3.18. The highest BCUT2D eigenvalue weighted by Crippen LogP contribution is 2.18. The molecular weight excluding hydrogens is 285 g/mol. The van der Waals surface area contributed by atoms with E-state index in [4.69, 9.17) is 5.73 Å². The number of benzene rings is 1. The molecule has 0 radical (unpaired) electrons. The first-order valence-corrected chi connectivity index (χ1v) is 6.19. The summed E-state index contributed by atoms with van der Waals surface area (Å²) < 4.78 is 13.6. The molecule has 2 rings (SSSR count). The summed E-state index contributed by atoms with van der Waals surface area (Å²) in [6.45, 7) is 1.48. The van der Waals surface area contributed by atoms with Crippen molar-refractivity contribution in [3.05, 3.63) is 29.6 Å². The number of carbonyl (C=O) groups excluding carboxylic acids is 2. The molecule has 0 spiro atoms. The van der Waals surface area contributed by atoms with E-state index in [2.05, 4.69) is 10.6 Å². The Morgan fingerprint density at radius 2 is 2.15 bits per heavy atom. The van der Waals surface area contributed by atoms with Gasteiger partial charge in [0.1, 0.15) is 5.82 Å². The second kappa shape index (κ2) is 7.21. The second-order valence-corrected chi connectivity index (χ2v) is 4.59. The molecule has 0 aromatic heterocycles. The highest BCUT2D eigenvalue weighted by Gasteiger charge is 2.22. The molecule has 1 aliphatic rings. The van der Waals surface area contributed by atoms with Crippen LogP contribution in [0.3, 0.4) is 0 Å². The first-order chi connectivity index (χ1) is 9.08.